The molecule has 0 spiro atoms. The van der Waals surface area contributed by atoms with Gasteiger partial charge in [0.25, 0.3) is 0 Å². The van der Waals surface area contributed by atoms with Crippen molar-refractivity contribution in [2.45, 2.75) is 60.7 Å². The fraction of sp³-hybridized carbons (Fsp3) is 0.282. The summed E-state index contributed by atoms with van der Waals surface area (Å²) in [7, 11) is -1.36. The van der Waals surface area contributed by atoms with Crippen LogP contribution in [0.15, 0.2) is 83.2 Å². The van der Waals surface area contributed by atoms with E-state index in [1.54, 1.807) is 12.1 Å². The van der Waals surface area contributed by atoms with Crippen molar-refractivity contribution in [2.24, 2.45) is 0 Å². The van der Waals surface area contributed by atoms with Crippen molar-refractivity contribution in [1.82, 2.24) is 0 Å². The zero-order valence-corrected chi connectivity index (χ0v) is 33.1. The van der Waals surface area contributed by atoms with Crippen LogP contribution < -0.4 is 0 Å². The molecule has 1 fully saturated rings. The van der Waals surface area contributed by atoms with E-state index in [1.807, 2.05) is 24.3 Å². The Balaban J connectivity index is 1.36. The first-order valence-corrected chi connectivity index (χ1v) is 30.0. The second-order valence-electron chi connectivity index (χ2n) is 14.7. The van der Waals surface area contributed by atoms with Crippen LogP contribution in [-0.2, 0) is 44.7 Å². The molecule has 1 saturated heterocycles. The summed E-state index contributed by atoms with van der Waals surface area (Å²) in [5, 5.41) is 2.15. The molecule has 53 heavy (non-hydrogen) atoms. The number of benzene rings is 4. The number of alkyl halides is 12. The van der Waals surface area contributed by atoms with Gasteiger partial charge >= 0.3 is 305 Å². The van der Waals surface area contributed by atoms with Crippen molar-refractivity contribution < 1.29 is 72.7 Å². The van der Waals surface area contributed by atoms with Gasteiger partial charge in [0, 0.05) is 0 Å². The average molecular weight is 933 g/mol. The molecule has 14 heteroatoms. The van der Waals surface area contributed by atoms with E-state index in [4.69, 9.17) is 0 Å². The Kier molecular flexibility index (Phi) is 9.19. The molecule has 7 rings (SSSR count). The van der Waals surface area contributed by atoms with E-state index in [9.17, 15) is 52.7 Å². The van der Waals surface area contributed by atoms with Gasteiger partial charge in [-0.15, -0.1) is 0 Å². The molecule has 2 aliphatic carbocycles. The van der Waals surface area contributed by atoms with E-state index in [0.29, 0.717) is 11.1 Å². The van der Waals surface area contributed by atoms with Gasteiger partial charge in [0.1, 0.15) is 0 Å². The second-order valence-corrected chi connectivity index (χ2v) is 34.8. The molecule has 0 nitrogen and oxygen atoms in total. The Hall–Kier alpha value is -3.39. The third-order valence-electron chi connectivity index (χ3n) is 10.7. The van der Waals surface area contributed by atoms with Gasteiger partial charge in [-0.2, -0.15) is 0 Å². The number of rotatable bonds is 2. The molecular formula is C39H30F12HfSi. The molecule has 3 aliphatic rings. The Morgan fingerprint density at radius 1 is 0.547 bits per heavy atom. The predicted octanol–water partition coefficient (Wildman–Crippen LogP) is 13.3. The number of allylic oxidation sites excluding steroid dienone is 2. The minimum absolute atomic E-state index is 0.0117. The van der Waals surface area contributed by atoms with Crippen molar-refractivity contribution in [3.63, 3.8) is 0 Å². The molecule has 4 aromatic carbocycles. The maximum absolute atomic E-state index is 13.8. The Morgan fingerprint density at radius 3 is 1.42 bits per heavy atom. The van der Waals surface area contributed by atoms with Crippen molar-refractivity contribution in [1.29, 1.82) is 0 Å². The monoisotopic (exact) mass is 934 g/mol. The van der Waals surface area contributed by atoms with E-state index >= 15 is 0 Å². The maximum atomic E-state index is 13.8. The summed E-state index contributed by atoms with van der Waals surface area (Å²) in [5.74, 6) is -0.116. The Morgan fingerprint density at radius 2 is 0.962 bits per heavy atom. The van der Waals surface area contributed by atoms with Crippen LogP contribution in [0.25, 0.3) is 34.4 Å². The molecule has 0 N–H and O–H groups in total. The number of halogens is 12. The van der Waals surface area contributed by atoms with Gasteiger partial charge in [0.05, 0.1) is 0 Å². The Labute approximate surface area is 303 Å². The van der Waals surface area contributed by atoms with E-state index in [2.05, 4.69) is 9.36 Å². The zero-order chi connectivity index (χ0) is 38.5. The summed E-state index contributed by atoms with van der Waals surface area (Å²) in [6.45, 7) is 0. The molecule has 0 saturated carbocycles. The Bertz CT molecular complexity index is 2120. The normalized spacial score (nSPS) is 20.4. The number of fused-ring (bicyclic) bond motifs is 6. The van der Waals surface area contributed by atoms with E-state index < -0.39 is 76.4 Å². The van der Waals surface area contributed by atoms with Crippen LogP contribution in [0.5, 0.6) is 0 Å². The van der Waals surface area contributed by atoms with Crippen LogP contribution in [0.3, 0.4) is 0 Å². The summed E-state index contributed by atoms with van der Waals surface area (Å²) < 4.78 is 171. The first kappa shape index (κ1) is 37.9. The van der Waals surface area contributed by atoms with Gasteiger partial charge in [0.15, 0.2) is 0 Å². The first-order chi connectivity index (χ1) is 24.5. The van der Waals surface area contributed by atoms with Crippen LogP contribution >= 0.6 is 0 Å². The van der Waals surface area contributed by atoms with Crippen molar-refractivity contribution in [2.75, 3.05) is 0 Å². The minimum atomic E-state index is -5.01. The topological polar surface area (TPSA) is 0 Å². The van der Waals surface area contributed by atoms with Gasteiger partial charge in [0.2, 0.25) is 0 Å². The molecule has 1 aliphatic heterocycles. The summed E-state index contributed by atoms with van der Waals surface area (Å²) in [5.41, 5.74) is -2.64. The van der Waals surface area contributed by atoms with E-state index in [0.717, 1.165) is 62.8 Å². The van der Waals surface area contributed by atoms with Crippen molar-refractivity contribution in [3.05, 3.63) is 128 Å². The number of hydrogen-bond donors (Lipinski definition) is 0. The first-order valence-electron chi connectivity index (χ1n) is 16.8. The molecule has 0 aromatic heterocycles. The van der Waals surface area contributed by atoms with Crippen LogP contribution in [-0.4, -0.2) is 9.52 Å². The summed E-state index contributed by atoms with van der Waals surface area (Å²) >= 11 is -3.27. The van der Waals surface area contributed by atoms with Crippen LogP contribution in [0.2, 0.25) is 13.5 Å². The number of hydrogen-bond acceptors (Lipinski definition) is 0. The van der Waals surface area contributed by atoms with Gasteiger partial charge in [-0.25, -0.2) is 0 Å². The third kappa shape index (κ3) is 7.14. The molecule has 0 radical (unpaired) electrons. The van der Waals surface area contributed by atoms with Gasteiger partial charge in [-0.05, 0) is 0 Å². The van der Waals surface area contributed by atoms with E-state index in [-0.39, 0.29) is 44.0 Å². The third-order valence-corrected chi connectivity index (χ3v) is 28.3. The van der Waals surface area contributed by atoms with Crippen molar-refractivity contribution >= 4 is 21.7 Å². The van der Waals surface area contributed by atoms with Crippen LogP contribution in [0.1, 0.15) is 66.9 Å². The molecule has 0 bridgehead atoms. The fourth-order valence-corrected chi connectivity index (χ4v) is 29.1. The van der Waals surface area contributed by atoms with Gasteiger partial charge in [-0.1, -0.05) is 0 Å². The van der Waals surface area contributed by atoms with E-state index in [1.165, 1.54) is 12.1 Å². The van der Waals surface area contributed by atoms with Gasteiger partial charge < -0.3 is 0 Å². The van der Waals surface area contributed by atoms with Crippen LogP contribution in [0, 0.1) is 0 Å². The quantitative estimate of drug-likeness (QED) is 0.139. The fourth-order valence-electron chi connectivity index (χ4n) is 8.46. The second kappa shape index (κ2) is 12.8. The zero-order valence-electron chi connectivity index (χ0n) is 28.1. The summed E-state index contributed by atoms with van der Waals surface area (Å²) in [6, 6.07) is 13.3. The molecule has 2 unspecified atom stereocenters. The molecule has 0 amide bonds. The molecule has 1 heterocycles. The molecular weight excluding hydrogens is 903 g/mol. The molecule has 278 valence electrons. The predicted molar refractivity (Wildman–Crippen MR) is 180 cm³/mol. The molecule has 4 aromatic rings. The standard InChI is InChI=1S/C37H24F12Si.2CH3.Hf/c1-2-5-30-29-9-4-8-28(21-12-24(36(44,45)46)16-25(13-21)37(47,48)49)32(29)18-33(30)50-26-14-19-6-3-7-27(31(19)17-26)20-10-22(34(38,39)40)15-23(11-20)35(41,42)43;;;/h3-4,6-18,30H,1-2,5,50H2;2*1H3;. The average Bonchev–Trinajstić information content (AvgIpc) is 3.61. The summed E-state index contributed by atoms with van der Waals surface area (Å²) in [6.07, 6.45) is -14.7. The van der Waals surface area contributed by atoms with Crippen molar-refractivity contribution in [3.8, 4) is 22.3 Å². The van der Waals surface area contributed by atoms with Gasteiger partial charge in [-0.3, -0.25) is 0 Å². The van der Waals surface area contributed by atoms with Crippen LogP contribution in [0.4, 0.5) is 52.7 Å². The molecule has 2 atom stereocenters. The SMILES string of the molecule is [CH3][Hf]1([CH3])[CH2]CCC2C(=Cc3c(-c4cc(C(F)(F)F)cc(C(F)(F)F)c4)cccc32)[SiH2]C2=Cc3c(-c4cc(C(F)(F)F)cc(C(F)(F)F)c4)cccc3[CH]21. The summed E-state index contributed by atoms with van der Waals surface area (Å²) in [4.78, 5) is 0.